The lowest BCUT2D eigenvalue weighted by Gasteiger charge is -2.20. The molecule has 0 heterocycles. The first kappa shape index (κ1) is 29.1. The number of rotatable bonds is 15. The van der Waals surface area contributed by atoms with Crippen molar-refractivity contribution >= 4 is 17.5 Å². The zero-order chi connectivity index (χ0) is 27.3. The van der Waals surface area contributed by atoms with Gasteiger partial charge in [-0.05, 0) is 67.0 Å². The van der Waals surface area contributed by atoms with Gasteiger partial charge in [-0.1, -0.05) is 49.7 Å². The van der Waals surface area contributed by atoms with Gasteiger partial charge in [0.25, 0.3) is 5.91 Å². The van der Waals surface area contributed by atoms with Gasteiger partial charge in [0.05, 0.1) is 24.8 Å². The van der Waals surface area contributed by atoms with Crippen molar-refractivity contribution in [3.63, 3.8) is 0 Å². The molecule has 0 saturated heterocycles. The van der Waals surface area contributed by atoms with Crippen molar-refractivity contribution in [1.29, 1.82) is 0 Å². The van der Waals surface area contributed by atoms with Gasteiger partial charge < -0.3 is 29.2 Å². The minimum absolute atomic E-state index is 0.212. The van der Waals surface area contributed by atoms with Gasteiger partial charge in [-0.3, -0.25) is 4.79 Å². The van der Waals surface area contributed by atoms with Gasteiger partial charge in [0.1, 0.15) is 24.7 Å². The molecule has 0 radical (unpaired) electrons. The molecule has 38 heavy (non-hydrogen) atoms. The summed E-state index contributed by atoms with van der Waals surface area (Å²) in [6.45, 7) is 8.05. The van der Waals surface area contributed by atoms with Crippen molar-refractivity contribution in [1.82, 2.24) is 10.2 Å². The molecule has 0 saturated carbocycles. The highest BCUT2D eigenvalue weighted by Crippen LogP contribution is 2.39. The van der Waals surface area contributed by atoms with Crippen molar-refractivity contribution in [2.75, 3.05) is 40.4 Å². The van der Waals surface area contributed by atoms with Gasteiger partial charge in [0, 0.05) is 13.1 Å². The Bertz CT molecular complexity index is 1150. The molecule has 3 aromatic carbocycles. The molecule has 0 aliphatic heterocycles. The topological polar surface area (TPSA) is 69.3 Å². The lowest BCUT2D eigenvalue weighted by molar-refractivity contribution is 0.0948. The van der Waals surface area contributed by atoms with E-state index in [0.29, 0.717) is 30.2 Å². The number of carbonyl (C=O) groups is 1. The highest BCUT2D eigenvalue weighted by Gasteiger charge is 2.20. The Kier molecular flexibility index (Phi) is 11.6. The van der Waals surface area contributed by atoms with Crippen molar-refractivity contribution in [2.24, 2.45) is 0 Å². The molecule has 0 fully saturated rings. The Labute approximate surface area is 230 Å². The predicted molar refractivity (Wildman–Crippen MR) is 151 cm³/mol. The normalized spacial score (nSPS) is 10.8. The quantitative estimate of drug-likeness (QED) is 0.256. The van der Waals surface area contributed by atoms with E-state index in [1.54, 1.807) is 26.4 Å². The lowest BCUT2D eigenvalue weighted by Crippen LogP contribution is -2.35. The highest BCUT2D eigenvalue weighted by molar-refractivity contribution is 6.35. The number of hydrogen-bond acceptors (Lipinski definition) is 6. The zero-order valence-electron chi connectivity index (χ0n) is 22.6. The van der Waals surface area contributed by atoms with E-state index >= 15 is 0 Å². The van der Waals surface area contributed by atoms with E-state index in [0.717, 1.165) is 48.7 Å². The van der Waals surface area contributed by atoms with E-state index < -0.39 is 0 Å². The molecule has 3 aromatic rings. The van der Waals surface area contributed by atoms with Crippen LogP contribution in [0.3, 0.4) is 0 Å². The minimum Gasteiger partial charge on any atom is -0.497 e. The number of benzene rings is 3. The van der Waals surface area contributed by atoms with Crippen LogP contribution in [0.4, 0.5) is 0 Å². The van der Waals surface area contributed by atoms with Gasteiger partial charge in [-0.25, -0.2) is 0 Å². The zero-order valence-corrected chi connectivity index (χ0v) is 23.3. The van der Waals surface area contributed by atoms with Gasteiger partial charge in [-0.2, -0.15) is 0 Å². The van der Waals surface area contributed by atoms with E-state index in [9.17, 15) is 4.79 Å². The molecule has 0 unspecified atom stereocenters. The number of methoxy groups -OCH3 is 2. The molecule has 7 nitrogen and oxygen atoms in total. The number of halogens is 1. The lowest BCUT2D eigenvalue weighted by atomic mass is 10.1. The number of hydrogen-bond donors (Lipinski definition) is 1. The molecule has 0 atom stereocenters. The summed E-state index contributed by atoms with van der Waals surface area (Å²) >= 11 is 6.75. The summed E-state index contributed by atoms with van der Waals surface area (Å²) in [7, 11) is 3.25. The fourth-order valence-electron chi connectivity index (χ4n) is 3.89. The van der Waals surface area contributed by atoms with Crippen LogP contribution in [-0.2, 0) is 13.2 Å². The summed E-state index contributed by atoms with van der Waals surface area (Å²) in [5, 5.41) is 3.19. The summed E-state index contributed by atoms with van der Waals surface area (Å²) in [5.41, 5.74) is 2.22. The van der Waals surface area contributed by atoms with E-state index in [1.165, 1.54) is 0 Å². The van der Waals surface area contributed by atoms with Gasteiger partial charge in [0.2, 0.25) is 0 Å². The SMILES string of the molecule is CCCN(CC)CCNC(=O)c1ccc(OCc2ccc(OC)cc2)c(OCc2ccc(OC)cc2)c1Cl. The standard InChI is InChI=1S/C30H37ClN2O5/c1-5-18-33(6-2)19-17-32-30(34)26-15-16-27(37-20-22-7-11-24(35-3)12-8-22)29(28(26)31)38-21-23-9-13-25(36-4)14-10-23/h7-16H,5-6,17-21H2,1-4H3,(H,32,34). The van der Waals surface area contributed by atoms with Crippen molar-refractivity contribution in [2.45, 2.75) is 33.5 Å². The number of nitrogens with zero attached hydrogens (tertiary/aromatic N) is 1. The predicted octanol–water partition coefficient (Wildman–Crippen LogP) is 5.98. The van der Waals surface area contributed by atoms with Gasteiger partial charge in [0.15, 0.2) is 11.5 Å². The maximum atomic E-state index is 13.0. The molecular weight excluding hydrogens is 504 g/mol. The first-order valence-corrected chi connectivity index (χ1v) is 13.2. The molecule has 8 heteroatoms. The molecule has 0 aliphatic rings. The summed E-state index contributed by atoms with van der Waals surface area (Å²) in [5.74, 6) is 2.06. The van der Waals surface area contributed by atoms with Crippen LogP contribution in [0.2, 0.25) is 5.02 Å². The fourth-order valence-corrected chi connectivity index (χ4v) is 4.19. The Morgan fingerprint density at radius 2 is 1.39 bits per heavy atom. The second-order valence-electron chi connectivity index (χ2n) is 8.72. The number of nitrogens with one attached hydrogen (secondary N) is 1. The number of amides is 1. The monoisotopic (exact) mass is 540 g/mol. The Balaban J connectivity index is 1.77. The average molecular weight is 541 g/mol. The second-order valence-corrected chi connectivity index (χ2v) is 9.10. The average Bonchev–Trinajstić information content (AvgIpc) is 2.95. The number of carbonyl (C=O) groups excluding carboxylic acids is 1. The van der Waals surface area contributed by atoms with Crippen molar-refractivity contribution in [3.8, 4) is 23.0 Å². The van der Waals surface area contributed by atoms with E-state index in [4.69, 9.17) is 30.5 Å². The van der Waals surface area contributed by atoms with Crippen molar-refractivity contribution in [3.05, 3.63) is 82.4 Å². The molecule has 1 amide bonds. The minimum atomic E-state index is -0.251. The van der Waals surface area contributed by atoms with Crippen LogP contribution in [0.25, 0.3) is 0 Å². The van der Waals surface area contributed by atoms with E-state index in [-0.39, 0.29) is 17.5 Å². The molecule has 0 spiro atoms. The summed E-state index contributed by atoms with van der Waals surface area (Å²) < 4.78 is 22.7. The maximum absolute atomic E-state index is 13.0. The molecule has 204 valence electrons. The fraction of sp³-hybridized carbons (Fsp3) is 0.367. The van der Waals surface area contributed by atoms with Crippen LogP contribution in [0.15, 0.2) is 60.7 Å². The molecule has 3 rings (SSSR count). The van der Waals surface area contributed by atoms with E-state index in [2.05, 4.69) is 24.1 Å². The summed E-state index contributed by atoms with van der Waals surface area (Å²) in [6, 6.07) is 18.6. The highest BCUT2D eigenvalue weighted by atomic mass is 35.5. The first-order valence-electron chi connectivity index (χ1n) is 12.8. The third-order valence-electron chi connectivity index (χ3n) is 6.10. The Morgan fingerprint density at radius 3 is 1.92 bits per heavy atom. The molecule has 0 aliphatic carbocycles. The van der Waals surface area contributed by atoms with Gasteiger partial charge in [-0.15, -0.1) is 0 Å². The Hall–Kier alpha value is -3.42. The van der Waals surface area contributed by atoms with Crippen LogP contribution < -0.4 is 24.3 Å². The second kappa shape index (κ2) is 15.1. The molecule has 1 N–H and O–H groups in total. The third-order valence-corrected chi connectivity index (χ3v) is 6.48. The first-order chi connectivity index (χ1) is 18.5. The van der Waals surface area contributed by atoms with E-state index in [1.807, 2.05) is 48.5 Å². The number of likely N-dealkylation sites (N-methyl/N-ethyl adjacent to an activating group) is 1. The number of ether oxygens (including phenoxy) is 4. The van der Waals surface area contributed by atoms with Crippen LogP contribution in [-0.4, -0.2) is 51.2 Å². The van der Waals surface area contributed by atoms with Crippen molar-refractivity contribution < 1.29 is 23.7 Å². The molecule has 0 bridgehead atoms. The van der Waals surface area contributed by atoms with Crippen LogP contribution in [0, 0.1) is 0 Å². The Morgan fingerprint density at radius 1 is 0.816 bits per heavy atom. The largest absolute Gasteiger partial charge is 0.497 e. The summed E-state index contributed by atoms with van der Waals surface area (Å²) in [6.07, 6.45) is 1.07. The van der Waals surface area contributed by atoms with Gasteiger partial charge >= 0.3 is 0 Å². The third kappa shape index (κ3) is 8.30. The smallest absolute Gasteiger partial charge is 0.252 e. The van der Waals surface area contributed by atoms with Crippen LogP contribution in [0.1, 0.15) is 41.8 Å². The molecular formula is C30H37ClN2O5. The maximum Gasteiger partial charge on any atom is 0.252 e. The van der Waals surface area contributed by atoms with Crippen LogP contribution in [0.5, 0.6) is 23.0 Å². The molecule has 0 aromatic heterocycles. The summed E-state index contributed by atoms with van der Waals surface area (Å²) in [4.78, 5) is 15.3. The van der Waals surface area contributed by atoms with Crippen LogP contribution >= 0.6 is 11.6 Å².